The molecule has 0 heterocycles. The SMILES string of the molecule is CCCCNC(=O)C(Cc1ccccc1)N(Cc1ccc(Cl)cc1Cl)C(=O)Cc1cc(C)cc(C)c1. The summed E-state index contributed by atoms with van der Waals surface area (Å²) in [7, 11) is 0. The number of aryl methyl sites for hydroxylation is 2. The van der Waals surface area contributed by atoms with Gasteiger partial charge in [-0.2, -0.15) is 0 Å². The summed E-state index contributed by atoms with van der Waals surface area (Å²) in [5, 5.41) is 4.04. The smallest absolute Gasteiger partial charge is 0.243 e. The molecule has 4 nitrogen and oxygen atoms in total. The summed E-state index contributed by atoms with van der Waals surface area (Å²) >= 11 is 12.6. The zero-order chi connectivity index (χ0) is 26.1. The van der Waals surface area contributed by atoms with Gasteiger partial charge in [0.2, 0.25) is 11.8 Å². The predicted molar refractivity (Wildman–Crippen MR) is 148 cm³/mol. The van der Waals surface area contributed by atoms with E-state index in [-0.39, 0.29) is 24.8 Å². The van der Waals surface area contributed by atoms with Crippen LogP contribution in [0.4, 0.5) is 0 Å². The minimum atomic E-state index is -0.686. The van der Waals surface area contributed by atoms with Crippen LogP contribution in [0.1, 0.15) is 47.6 Å². The topological polar surface area (TPSA) is 49.4 Å². The van der Waals surface area contributed by atoms with Crippen LogP contribution < -0.4 is 5.32 Å². The second-order valence-corrected chi connectivity index (χ2v) is 10.1. The van der Waals surface area contributed by atoms with Gasteiger partial charge in [-0.05, 0) is 49.1 Å². The number of hydrogen-bond donors (Lipinski definition) is 1. The number of carbonyl (C=O) groups excluding carboxylic acids is 2. The highest BCUT2D eigenvalue weighted by molar-refractivity contribution is 6.35. The molecule has 0 fully saturated rings. The molecule has 3 aromatic carbocycles. The van der Waals surface area contributed by atoms with Gasteiger partial charge in [0.15, 0.2) is 0 Å². The molecular weight excluding hydrogens is 491 g/mol. The summed E-state index contributed by atoms with van der Waals surface area (Å²) < 4.78 is 0. The van der Waals surface area contributed by atoms with Gasteiger partial charge in [-0.15, -0.1) is 0 Å². The van der Waals surface area contributed by atoms with Crippen LogP contribution >= 0.6 is 23.2 Å². The third-order valence-electron chi connectivity index (χ3n) is 6.09. The fourth-order valence-corrected chi connectivity index (χ4v) is 4.81. The summed E-state index contributed by atoms with van der Waals surface area (Å²) in [4.78, 5) is 29.0. The van der Waals surface area contributed by atoms with Crippen molar-refractivity contribution in [3.63, 3.8) is 0 Å². The largest absolute Gasteiger partial charge is 0.354 e. The molecule has 6 heteroatoms. The van der Waals surface area contributed by atoms with E-state index in [1.807, 2.05) is 62.4 Å². The standard InChI is InChI=1S/C30H34Cl2N2O2/c1-4-5-13-33-30(36)28(17-23-9-7-6-8-10-23)34(20-25-11-12-26(31)19-27(25)32)29(35)18-24-15-21(2)14-22(3)16-24/h6-12,14-16,19,28H,4-5,13,17-18,20H2,1-3H3,(H,33,36). The van der Waals surface area contributed by atoms with Crippen molar-refractivity contribution in [2.75, 3.05) is 6.54 Å². The van der Waals surface area contributed by atoms with Gasteiger partial charge < -0.3 is 10.2 Å². The highest BCUT2D eigenvalue weighted by Crippen LogP contribution is 2.25. The summed E-state index contributed by atoms with van der Waals surface area (Å²) in [6.45, 7) is 6.90. The van der Waals surface area contributed by atoms with Gasteiger partial charge in [-0.1, -0.05) is 102 Å². The molecule has 0 saturated heterocycles. The van der Waals surface area contributed by atoms with Crippen LogP contribution in [0.5, 0.6) is 0 Å². The molecule has 36 heavy (non-hydrogen) atoms. The van der Waals surface area contributed by atoms with Crippen LogP contribution in [-0.4, -0.2) is 29.3 Å². The second kappa shape index (κ2) is 13.5. The van der Waals surface area contributed by atoms with Crippen LogP contribution in [0, 0.1) is 13.8 Å². The second-order valence-electron chi connectivity index (χ2n) is 9.28. The predicted octanol–water partition coefficient (Wildman–Crippen LogP) is 6.71. The van der Waals surface area contributed by atoms with Crippen LogP contribution in [0.2, 0.25) is 10.0 Å². The number of hydrogen-bond acceptors (Lipinski definition) is 2. The van der Waals surface area contributed by atoms with E-state index in [9.17, 15) is 9.59 Å². The van der Waals surface area contributed by atoms with E-state index in [0.29, 0.717) is 23.0 Å². The number of unbranched alkanes of at least 4 members (excludes halogenated alkanes) is 1. The van der Waals surface area contributed by atoms with Gasteiger partial charge in [0, 0.05) is 29.6 Å². The van der Waals surface area contributed by atoms with Crippen LogP contribution in [0.15, 0.2) is 66.7 Å². The van der Waals surface area contributed by atoms with Crippen molar-refractivity contribution in [2.24, 2.45) is 0 Å². The molecule has 2 amide bonds. The minimum Gasteiger partial charge on any atom is -0.354 e. The van der Waals surface area contributed by atoms with Crippen LogP contribution in [-0.2, 0) is 29.0 Å². The first-order valence-corrected chi connectivity index (χ1v) is 13.1. The maximum Gasteiger partial charge on any atom is 0.243 e. The molecule has 0 radical (unpaired) electrons. The molecule has 0 aliphatic rings. The zero-order valence-corrected chi connectivity index (χ0v) is 22.7. The Morgan fingerprint density at radius 2 is 1.61 bits per heavy atom. The molecule has 1 atom stereocenters. The van der Waals surface area contributed by atoms with Gasteiger partial charge in [0.05, 0.1) is 6.42 Å². The Bertz CT molecular complexity index is 1160. The lowest BCUT2D eigenvalue weighted by atomic mass is 10.00. The van der Waals surface area contributed by atoms with Crippen molar-refractivity contribution in [1.29, 1.82) is 0 Å². The number of amides is 2. The summed E-state index contributed by atoms with van der Waals surface area (Å²) in [5.74, 6) is -0.288. The molecule has 0 bridgehead atoms. The Hall–Kier alpha value is -2.82. The Balaban J connectivity index is 1.99. The Morgan fingerprint density at radius 3 is 2.25 bits per heavy atom. The van der Waals surface area contributed by atoms with Crippen molar-refractivity contribution >= 4 is 35.0 Å². The number of rotatable bonds is 11. The summed E-state index contributed by atoms with van der Waals surface area (Å²) in [5.41, 5.74) is 4.86. The highest BCUT2D eigenvalue weighted by Gasteiger charge is 2.30. The van der Waals surface area contributed by atoms with E-state index in [2.05, 4.69) is 18.3 Å². The van der Waals surface area contributed by atoms with Crippen molar-refractivity contribution in [3.8, 4) is 0 Å². The molecule has 1 N–H and O–H groups in total. The Kier molecular flexibility index (Phi) is 10.4. The Labute approximate surface area is 224 Å². The maximum atomic E-state index is 13.9. The lowest BCUT2D eigenvalue weighted by molar-refractivity contribution is -0.140. The van der Waals surface area contributed by atoms with Crippen molar-refractivity contribution in [3.05, 3.63) is 105 Å². The maximum absolute atomic E-state index is 13.9. The van der Waals surface area contributed by atoms with E-state index in [4.69, 9.17) is 23.2 Å². The number of benzene rings is 3. The third kappa shape index (κ3) is 8.11. The first-order valence-electron chi connectivity index (χ1n) is 12.4. The molecule has 0 spiro atoms. The molecule has 0 saturated carbocycles. The lowest BCUT2D eigenvalue weighted by Gasteiger charge is -2.32. The normalized spacial score (nSPS) is 11.7. The average Bonchev–Trinajstić information content (AvgIpc) is 2.82. The van der Waals surface area contributed by atoms with Crippen molar-refractivity contribution in [2.45, 2.75) is 59.0 Å². The summed E-state index contributed by atoms with van der Waals surface area (Å²) in [6, 6.07) is 20.5. The number of halogens is 2. The van der Waals surface area contributed by atoms with E-state index in [1.165, 1.54) is 0 Å². The van der Waals surface area contributed by atoms with Gasteiger partial charge in [0.25, 0.3) is 0 Å². The molecule has 3 aromatic rings. The molecule has 0 aromatic heterocycles. The number of nitrogens with one attached hydrogen (secondary N) is 1. The van der Waals surface area contributed by atoms with Crippen molar-refractivity contribution in [1.82, 2.24) is 10.2 Å². The fraction of sp³-hybridized carbons (Fsp3) is 0.333. The van der Waals surface area contributed by atoms with E-state index in [0.717, 1.165) is 40.7 Å². The van der Waals surface area contributed by atoms with Gasteiger partial charge in [-0.25, -0.2) is 0 Å². The van der Waals surface area contributed by atoms with Gasteiger partial charge in [0.1, 0.15) is 6.04 Å². The molecule has 190 valence electrons. The zero-order valence-electron chi connectivity index (χ0n) is 21.2. The van der Waals surface area contributed by atoms with Crippen LogP contribution in [0.3, 0.4) is 0 Å². The van der Waals surface area contributed by atoms with Gasteiger partial charge >= 0.3 is 0 Å². The quantitative estimate of drug-likeness (QED) is 0.283. The van der Waals surface area contributed by atoms with Crippen LogP contribution in [0.25, 0.3) is 0 Å². The first kappa shape index (κ1) is 27.8. The molecule has 0 aliphatic carbocycles. The molecule has 0 aliphatic heterocycles. The fourth-order valence-electron chi connectivity index (χ4n) is 4.34. The lowest BCUT2D eigenvalue weighted by Crippen LogP contribution is -2.51. The first-order chi connectivity index (χ1) is 17.3. The number of nitrogens with zero attached hydrogens (tertiary/aromatic N) is 1. The third-order valence-corrected chi connectivity index (χ3v) is 6.68. The highest BCUT2D eigenvalue weighted by atomic mass is 35.5. The minimum absolute atomic E-state index is 0.127. The van der Waals surface area contributed by atoms with Crippen molar-refractivity contribution < 1.29 is 9.59 Å². The van der Waals surface area contributed by atoms with Gasteiger partial charge in [-0.3, -0.25) is 9.59 Å². The molecular formula is C30H34Cl2N2O2. The monoisotopic (exact) mass is 524 g/mol. The average molecular weight is 526 g/mol. The van der Waals surface area contributed by atoms with E-state index < -0.39 is 6.04 Å². The number of carbonyl (C=O) groups is 2. The molecule has 3 rings (SSSR count). The van der Waals surface area contributed by atoms with E-state index >= 15 is 0 Å². The van der Waals surface area contributed by atoms with E-state index in [1.54, 1.807) is 17.0 Å². The molecule has 1 unspecified atom stereocenters. The Morgan fingerprint density at radius 1 is 0.917 bits per heavy atom. The summed E-state index contributed by atoms with van der Waals surface area (Å²) in [6.07, 6.45) is 2.45.